The molecule has 4 atom stereocenters. The second-order valence-electron chi connectivity index (χ2n) is 24.5. The van der Waals surface area contributed by atoms with Crippen molar-refractivity contribution in [2.24, 2.45) is 11.3 Å². The predicted octanol–water partition coefficient (Wildman–Crippen LogP) is 8.04. The zero-order valence-electron chi connectivity index (χ0n) is 48.8. The molecule has 22 nitrogen and oxygen atoms in total. The molecule has 7 aliphatic heterocycles. The van der Waals surface area contributed by atoms with Crippen LogP contribution in [0.25, 0.3) is 11.0 Å². The van der Waals surface area contributed by atoms with Gasteiger partial charge in [-0.05, 0) is 128 Å². The minimum atomic E-state index is -4.63. The van der Waals surface area contributed by atoms with E-state index in [1.807, 2.05) is 30.5 Å². The number of hydrogen-bond donors (Lipinski definition) is 3. The fourth-order valence-corrected chi connectivity index (χ4v) is 15.8. The summed E-state index contributed by atoms with van der Waals surface area (Å²) in [6.07, 6.45) is 7.79. The van der Waals surface area contributed by atoms with Crippen LogP contribution < -0.4 is 34.2 Å². The van der Waals surface area contributed by atoms with Crippen molar-refractivity contribution in [2.45, 2.75) is 93.6 Å². The molecule has 0 radical (unpaired) electrons. The number of nitro groups is 1. The van der Waals surface area contributed by atoms with Crippen molar-refractivity contribution in [1.82, 2.24) is 29.5 Å². The van der Waals surface area contributed by atoms with Crippen LogP contribution in [0.3, 0.4) is 0 Å². The number of aryl methyl sites for hydroxylation is 1. The molecule has 14 rings (SSSR count). The lowest BCUT2D eigenvalue weighted by atomic mass is 9.59. The number of fused-ring (bicyclic) bond motifs is 4. The third kappa shape index (κ3) is 10.9. The van der Waals surface area contributed by atoms with Crippen LogP contribution in [0, 0.1) is 28.4 Å². The van der Waals surface area contributed by atoms with Crippen molar-refractivity contribution in [1.29, 1.82) is 0 Å². The summed E-state index contributed by atoms with van der Waals surface area (Å²) in [5.74, 6) is 1.40. The van der Waals surface area contributed by atoms with Gasteiger partial charge in [0.05, 0.1) is 79.0 Å². The number of amides is 1. The first kappa shape index (κ1) is 56.7. The maximum Gasteiger partial charge on any atom is 0.293 e. The number of nitrogens with one attached hydrogen (secondary N) is 3. The minimum absolute atomic E-state index is 0.0501. The topological polar surface area (TPSA) is 232 Å². The number of benzene rings is 3. The first-order valence-corrected chi connectivity index (χ1v) is 32.0. The van der Waals surface area contributed by atoms with Gasteiger partial charge in [-0.25, -0.2) is 18.1 Å². The number of carbonyl (C=O) groups excluding carboxylic acids is 1. The first-order valence-electron chi connectivity index (χ1n) is 30.5. The van der Waals surface area contributed by atoms with E-state index in [1.165, 1.54) is 28.8 Å². The molecule has 3 N–H and O–H groups in total. The molecule has 5 saturated heterocycles. The van der Waals surface area contributed by atoms with Crippen molar-refractivity contribution in [2.75, 3.05) is 126 Å². The van der Waals surface area contributed by atoms with E-state index >= 15 is 0 Å². The minimum Gasteiger partial charge on any atom is -0.493 e. The highest BCUT2D eigenvalue weighted by molar-refractivity contribution is 7.90. The molecule has 1 spiro atoms. The Balaban J connectivity index is 0.713. The number of nitro benzene ring substituents is 1. The molecule has 6 aromatic rings. The van der Waals surface area contributed by atoms with Crippen LogP contribution in [0.1, 0.15) is 89.8 Å². The van der Waals surface area contributed by atoms with Gasteiger partial charge in [-0.3, -0.25) is 24.7 Å². The van der Waals surface area contributed by atoms with Crippen molar-refractivity contribution < 1.29 is 46.6 Å². The van der Waals surface area contributed by atoms with Crippen LogP contribution in [0.2, 0.25) is 0 Å². The van der Waals surface area contributed by atoms with Crippen molar-refractivity contribution >= 4 is 61.2 Å². The van der Waals surface area contributed by atoms with Gasteiger partial charge >= 0.3 is 0 Å². The average molecular weight is 1190 g/mol. The second-order valence-corrected chi connectivity index (χ2v) is 26.2. The van der Waals surface area contributed by atoms with Gasteiger partial charge in [0.15, 0.2) is 11.6 Å². The molecule has 3 aromatic carbocycles. The molecular weight excluding hydrogens is 1120 g/mol. The summed E-state index contributed by atoms with van der Waals surface area (Å²) in [5, 5.41) is 16.4. The quantitative estimate of drug-likeness (QED) is 0.0692. The summed E-state index contributed by atoms with van der Waals surface area (Å²) in [5.41, 5.74) is 7.60. The van der Waals surface area contributed by atoms with Crippen LogP contribution in [-0.2, 0) is 35.6 Å². The molecule has 10 heterocycles. The van der Waals surface area contributed by atoms with E-state index in [2.05, 4.69) is 76.8 Å². The van der Waals surface area contributed by atoms with Gasteiger partial charge in [0.2, 0.25) is 5.88 Å². The Kier molecular flexibility index (Phi) is 15.5. The number of aromatic nitrogens is 3. The molecule has 1 aliphatic carbocycles. The Morgan fingerprint density at radius 3 is 2.43 bits per heavy atom. The second kappa shape index (κ2) is 23.5. The number of nitrogens with zero attached hydrogens (tertiary/aromatic N) is 8. The lowest BCUT2D eigenvalue weighted by Crippen LogP contribution is -2.60. The van der Waals surface area contributed by atoms with E-state index in [0.29, 0.717) is 94.8 Å². The van der Waals surface area contributed by atoms with Crippen LogP contribution >= 0.6 is 0 Å². The van der Waals surface area contributed by atoms with Gasteiger partial charge in [-0.1, -0.05) is 24.3 Å². The molecule has 8 aliphatic rings. The Hall–Kier alpha value is -7.12. The highest BCUT2D eigenvalue weighted by atomic mass is 32.2. The fraction of sp³-hybridized carbons (Fsp3) is 0.508. The van der Waals surface area contributed by atoms with Gasteiger partial charge in [-0.2, -0.15) is 4.98 Å². The predicted molar refractivity (Wildman–Crippen MR) is 323 cm³/mol. The largest absolute Gasteiger partial charge is 0.493 e. The average Bonchev–Trinajstić information content (AvgIpc) is 1.29. The Morgan fingerprint density at radius 1 is 0.826 bits per heavy atom. The number of anilines is 5. The zero-order valence-corrected chi connectivity index (χ0v) is 49.6. The van der Waals surface area contributed by atoms with Gasteiger partial charge in [0, 0.05) is 108 Å². The number of pyridine rings is 2. The number of morpholine rings is 1. The third-order valence-electron chi connectivity index (χ3n) is 19.6. The monoisotopic (exact) mass is 1190 g/mol. The Morgan fingerprint density at radius 2 is 1.63 bits per heavy atom. The normalized spacial score (nSPS) is 23.9. The highest BCUT2D eigenvalue weighted by Gasteiger charge is 2.51. The number of sulfonamides is 1. The molecule has 6 fully saturated rings. The lowest BCUT2D eigenvalue weighted by Gasteiger charge is -2.59. The number of piperazine rings is 1. The fourth-order valence-electron chi connectivity index (χ4n) is 14.8. The number of H-pyrrole nitrogens is 1. The number of piperidine rings is 1. The number of ether oxygens (including phenoxy) is 6. The molecule has 1 amide bonds. The summed E-state index contributed by atoms with van der Waals surface area (Å²) in [4.78, 5) is 51.7. The van der Waals surface area contributed by atoms with E-state index in [-0.39, 0.29) is 40.7 Å². The maximum absolute atomic E-state index is 14.9. The summed E-state index contributed by atoms with van der Waals surface area (Å²) in [6, 6.07) is 24.7. The van der Waals surface area contributed by atoms with Gasteiger partial charge < -0.3 is 53.4 Å². The first-order chi connectivity index (χ1) is 41.9. The van der Waals surface area contributed by atoms with E-state index in [0.717, 1.165) is 119 Å². The molecule has 0 bridgehead atoms. The van der Waals surface area contributed by atoms with Gasteiger partial charge in [0.1, 0.15) is 23.1 Å². The highest BCUT2D eigenvalue weighted by Crippen LogP contribution is 2.54. The van der Waals surface area contributed by atoms with Crippen LogP contribution in [-0.4, -0.2) is 168 Å². The van der Waals surface area contributed by atoms with E-state index in [9.17, 15) is 23.3 Å². The van der Waals surface area contributed by atoms with Gasteiger partial charge in [0.25, 0.3) is 21.6 Å². The summed E-state index contributed by atoms with van der Waals surface area (Å²) >= 11 is 0. The van der Waals surface area contributed by atoms with Crippen molar-refractivity contribution in [3.63, 3.8) is 0 Å². The zero-order chi connectivity index (χ0) is 58.7. The molecule has 86 heavy (non-hydrogen) atoms. The van der Waals surface area contributed by atoms with Crippen LogP contribution in [0.4, 0.5) is 34.3 Å². The van der Waals surface area contributed by atoms with Gasteiger partial charge in [-0.15, -0.1) is 0 Å². The van der Waals surface area contributed by atoms with Crippen LogP contribution in [0.15, 0.2) is 90.0 Å². The summed E-state index contributed by atoms with van der Waals surface area (Å²) in [6.45, 7) is 13.0. The Bertz CT molecular complexity index is 3630. The summed E-state index contributed by atoms with van der Waals surface area (Å²) in [7, 11) is -2.89. The third-order valence-corrected chi connectivity index (χ3v) is 21.0. The van der Waals surface area contributed by atoms with E-state index in [4.69, 9.17) is 38.4 Å². The molecule has 3 aromatic heterocycles. The number of carbonyl (C=O) groups is 1. The number of hydrogen-bond acceptors (Lipinski definition) is 19. The molecule has 454 valence electrons. The number of methoxy groups -OCH3 is 1. The molecular formula is C63H75N11O11S. The van der Waals surface area contributed by atoms with E-state index < -0.39 is 37.5 Å². The van der Waals surface area contributed by atoms with Crippen molar-refractivity contribution in [3.05, 3.63) is 123 Å². The Labute approximate surface area is 500 Å². The summed E-state index contributed by atoms with van der Waals surface area (Å²) < 4.78 is 66.9. The van der Waals surface area contributed by atoms with Crippen molar-refractivity contribution in [3.8, 4) is 11.6 Å². The maximum atomic E-state index is 14.9. The van der Waals surface area contributed by atoms with Crippen LogP contribution in [0.5, 0.6) is 11.6 Å². The SMILES string of the molecule is COc1cc2c(nc1N1CCOCC1)COC[C@@H]2N1CCN(C2CC3(CCN(c4ccc(C(=O)NS(=O)(=O)c5ccc(NCC6CCOCC6)c([N+](=O)[O-])c5)c(N5c6cc7cc[nH]c7nc6O[C@H]6COCC[C@@H]65)c4)CC3)C2)[C@H](c2ccccc2C)C1. The van der Waals surface area contributed by atoms with E-state index in [1.54, 1.807) is 13.2 Å². The lowest BCUT2D eigenvalue weighted by molar-refractivity contribution is -0.384. The standard InChI is InChI=1S/C63H75N11O11S/c1-40-5-3-4-6-46(40)55-36-71(56-38-84-37-50-48(56)32-57(80-2)60(66-50)70-22-27-82-28-23-70)20-21-72(55)44-33-63(34-44)15-18-69(19-16-63)43-7-9-47(52(30-43)73-51-14-26-83-39-58(51)85-62-54(73)29-42-11-17-64-59(42)67-62)61(75)68-86(78,79)45-8-10-49(53(31-45)74(76)77)65-35-41-12-24-81-25-13-41/h3-11,17,29-32,41,44,51,55-56,58,65H,12-16,18-28,33-39H2,1-2H3,(H,64,67)(H,68,75)/t51-,55-,56-,58-/m0/s1. The number of rotatable bonds is 14. The molecule has 1 saturated carbocycles. The number of aromatic amines is 1. The molecule has 23 heteroatoms. The smallest absolute Gasteiger partial charge is 0.293 e. The molecule has 0 unspecified atom stereocenters.